The second-order valence-electron chi connectivity index (χ2n) is 10.7. The zero-order chi connectivity index (χ0) is 28.9. The van der Waals surface area contributed by atoms with Crippen molar-refractivity contribution in [3.63, 3.8) is 0 Å². The van der Waals surface area contributed by atoms with Crippen molar-refractivity contribution in [3.8, 4) is 17.0 Å². The van der Waals surface area contributed by atoms with Crippen LogP contribution in [0.25, 0.3) is 22.2 Å². The molecule has 0 saturated carbocycles. The number of hydrogen-bond donors (Lipinski definition) is 2. The Balaban J connectivity index is 1.31. The van der Waals surface area contributed by atoms with Crippen LogP contribution in [0.15, 0.2) is 91.0 Å². The Kier molecular flexibility index (Phi) is 8.10. The summed E-state index contributed by atoms with van der Waals surface area (Å²) in [5, 5.41) is 7.46. The molecule has 0 atom stereocenters. The molecule has 0 spiro atoms. The summed E-state index contributed by atoms with van der Waals surface area (Å²) in [5.74, 6) is 0.791. The van der Waals surface area contributed by atoms with Gasteiger partial charge in [-0.1, -0.05) is 66.7 Å². The first-order valence-corrected chi connectivity index (χ1v) is 14.5. The Hall–Kier alpha value is -4.75. The molecule has 0 radical (unpaired) electrons. The number of nitrogens with zero attached hydrogens (tertiary/aromatic N) is 3. The molecule has 4 aromatic carbocycles. The van der Waals surface area contributed by atoms with Crippen molar-refractivity contribution >= 4 is 34.1 Å². The molecule has 212 valence electrons. The first-order valence-electron chi connectivity index (χ1n) is 14.5. The van der Waals surface area contributed by atoms with Crippen molar-refractivity contribution in [1.82, 2.24) is 14.9 Å². The van der Waals surface area contributed by atoms with E-state index in [1.54, 1.807) is 6.07 Å². The zero-order valence-electron chi connectivity index (χ0n) is 24.1. The second-order valence-corrected chi connectivity index (χ2v) is 10.7. The van der Waals surface area contributed by atoms with E-state index in [4.69, 9.17) is 14.7 Å². The van der Waals surface area contributed by atoms with Crippen molar-refractivity contribution in [1.29, 1.82) is 0 Å². The van der Waals surface area contributed by atoms with Crippen LogP contribution in [-0.4, -0.2) is 47.0 Å². The summed E-state index contributed by atoms with van der Waals surface area (Å²) in [6, 6.07) is 29.6. The summed E-state index contributed by atoms with van der Waals surface area (Å²) >= 11 is 0. The van der Waals surface area contributed by atoms with Gasteiger partial charge >= 0.3 is 0 Å². The molecule has 0 aliphatic carbocycles. The third-order valence-corrected chi connectivity index (χ3v) is 7.72. The molecule has 2 N–H and O–H groups in total. The van der Waals surface area contributed by atoms with E-state index < -0.39 is 0 Å². The lowest BCUT2D eigenvalue weighted by molar-refractivity contribution is 0.102. The van der Waals surface area contributed by atoms with Crippen molar-refractivity contribution < 1.29 is 9.53 Å². The summed E-state index contributed by atoms with van der Waals surface area (Å²) in [6.45, 7) is 7.50. The number of rotatable bonds is 9. The topological polar surface area (TPSA) is 79.4 Å². The molecule has 1 fully saturated rings. The average Bonchev–Trinajstić information content (AvgIpc) is 3.53. The van der Waals surface area contributed by atoms with Crippen LogP contribution in [0, 0.1) is 13.8 Å². The molecule has 6 rings (SSSR count). The summed E-state index contributed by atoms with van der Waals surface area (Å²) in [4.78, 5) is 25.6. The van der Waals surface area contributed by atoms with Gasteiger partial charge in [-0.3, -0.25) is 9.69 Å². The number of fused-ring (bicyclic) bond motifs is 1. The van der Waals surface area contributed by atoms with E-state index in [2.05, 4.69) is 27.7 Å². The van der Waals surface area contributed by atoms with Crippen LogP contribution >= 0.6 is 0 Å². The Morgan fingerprint density at radius 1 is 0.857 bits per heavy atom. The van der Waals surface area contributed by atoms with E-state index in [-0.39, 0.29) is 5.91 Å². The highest BCUT2D eigenvalue weighted by Crippen LogP contribution is 2.31. The highest BCUT2D eigenvalue weighted by molar-refractivity contribution is 6.07. The molecule has 5 aromatic rings. The SMILES string of the molecule is Cc1cccc(C)c1NC(=O)c1ccc(Nc2nc(-c3ccccc3)c3ccccc3n2)cc1OCCN1CCCC1. The van der Waals surface area contributed by atoms with Crippen molar-refractivity contribution in [2.45, 2.75) is 26.7 Å². The monoisotopic (exact) mass is 557 g/mol. The number of carbonyl (C=O) groups is 1. The minimum absolute atomic E-state index is 0.205. The lowest BCUT2D eigenvalue weighted by Gasteiger charge is -2.18. The third kappa shape index (κ3) is 6.11. The number of anilines is 3. The van der Waals surface area contributed by atoms with Gasteiger partial charge in [-0.2, -0.15) is 0 Å². The predicted octanol–water partition coefficient (Wildman–Crippen LogP) is 7.38. The summed E-state index contributed by atoms with van der Waals surface area (Å²) < 4.78 is 6.28. The number of para-hydroxylation sites is 2. The zero-order valence-corrected chi connectivity index (χ0v) is 24.1. The summed E-state index contributed by atoms with van der Waals surface area (Å²) in [6.07, 6.45) is 2.44. The van der Waals surface area contributed by atoms with E-state index in [9.17, 15) is 4.79 Å². The molecule has 1 saturated heterocycles. The number of hydrogen-bond acceptors (Lipinski definition) is 6. The van der Waals surface area contributed by atoms with Gasteiger partial charge in [0.25, 0.3) is 5.91 Å². The molecule has 1 aliphatic heterocycles. The van der Waals surface area contributed by atoms with Gasteiger partial charge in [-0.05, 0) is 69.1 Å². The van der Waals surface area contributed by atoms with Gasteiger partial charge < -0.3 is 15.4 Å². The average molecular weight is 558 g/mol. The van der Waals surface area contributed by atoms with Crippen LogP contribution in [-0.2, 0) is 0 Å². The first-order chi connectivity index (χ1) is 20.5. The van der Waals surface area contributed by atoms with E-state index in [1.165, 1.54) is 12.8 Å². The number of aromatic nitrogens is 2. The van der Waals surface area contributed by atoms with Gasteiger partial charge in [0.2, 0.25) is 5.95 Å². The fraction of sp³-hybridized carbons (Fsp3) is 0.229. The number of nitrogens with one attached hydrogen (secondary N) is 2. The van der Waals surface area contributed by atoms with Gasteiger partial charge in [0.15, 0.2) is 0 Å². The Morgan fingerprint density at radius 2 is 1.60 bits per heavy atom. The van der Waals surface area contributed by atoms with Crippen molar-refractivity contribution in [2.75, 3.05) is 36.9 Å². The van der Waals surface area contributed by atoms with Crippen molar-refractivity contribution in [3.05, 3.63) is 108 Å². The Morgan fingerprint density at radius 3 is 2.38 bits per heavy atom. The van der Waals surface area contributed by atoms with Crippen LogP contribution in [0.4, 0.5) is 17.3 Å². The molecule has 1 aliphatic rings. The third-order valence-electron chi connectivity index (χ3n) is 7.72. The van der Waals surface area contributed by atoms with Gasteiger partial charge in [0.1, 0.15) is 12.4 Å². The minimum Gasteiger partial charge on any atom is -0.491 e. The molecular weight excluding hydrogens is 522 g/mol. The maximum atomic E-state index is 13.5. The standard InChI is InChI=1S/C35H35N5O2/c1-24-11-10-12-25(2)32(24)38-34(41)29-18-17-27(23-31(29)42-22-21-40-19-8-9-20-40)36-35-37-30-16-7-6-15-28(30)33(39-35)26-13-4-3-5-14-26/h3-7,10-18,23H,8-9,19-22H2,1-2H3,(H,38,41)(H,36,37,39). The smallest absolute Gasteiger partial charge is 0.259 e. The molecule has 7 nitrogen and oxygen atoms in total. The van der Waals surface area contributed by atoms with Gasteiger partial charge in [0, 0.05) is 34.9 Å². The second kappa shape index (κ2) is 12.4. The molecule has 2 heterocycles. The van der Waals surface area contributed by atoms with Gasteiger partial charge in [-0.25, -0.2) is 9.97 Å². The Bertz CT molecular complexity index is 1690. The van der Waals surface area contributed by atoms with Crippen LogP contribution in [0.2, 0.25) is 0 Å². The van der Waals surface area contributed by atoms with E-state index in [1.807, 2.05) is 86.6 Å². The number of benzene rings is 4. The molecular formula is C35H35N5O2. The fourth-order valence-corrected chi connectivity index (χ4v) is 5.47. The summed E-state index contributed by atoms with van der Waals surface area (Å²) in [7, 11) is 0. The maximum Gasteiger partial charge on any atom is 0.259 e. The molecule has 1 amide bonds. The minimum atomic E-state index is -0.205. The number of carbonyl (C=O) groups excluding carboxylic acids is 1. The molecule has 1 aromatic heterocycles. The molecule has 42 heavy (non-hydrogen) atoms. The van der Waals surface area contributed by atoms with Gasteiger partial charge in [0.05, 0.1) is 16.8 Å². The van der Waals surface area contributed by atoms with Crippen molar-refractivity contribution in [2.24, 2.45) is 0 Å². The Labute approximate surface area is 246 Å². The fourth-order valence-electron chi connectivity index (χ4n) is 5.47. The van der Waals surface area contributed by atoms with E-state index in [0.717, 1.165) is 64.3 Å². The number of amides is 1. The number of ether oxygens (including phenoxy) is 1. The number of aryl methyl sites for hydroxylation is 2. The highest BCUT2D eigenvalue weighted by Gasteiger charge is 2.18. The van der Waals surface area contributed by atoms with E-state index >= 15 is 0 Å². The van der Waals surface area contributed by atoms with Crippen LogP contribution in [0.5, 0.6) is 5.75 Å². The lowest BCUT2D eigenvalue weighted by atomic mass is 10.1. The van der Waals surface area contributed by atoms with E-state index in [0.29, 0.717) is 23.9 Å². The highest BCUT2D eigenvalue weighted by atomic mass is 16.5. The predicted molar refractivity (Wildman–Crippen MR) is 170 cm³/mol. The summed E-state index contributed by atoms with van der Waals surface area (Å²) in [5.41, 5.74) is 6.80. The first kappa shape index (κ1) is 27.4. The van der Waals surface area contributed by atoms with Crippen LogP contribution in [0.1, 0.15) is 34.3 Å². The van der Waals surface area contributed by atoms with Crippen LogP contribution < -0.4 is 15.4 Å². The number of likely N-dealkylation sites (tertiary alicyclic amines) is 1. The van der Waals surface area contributed by atoms with Gasteiger partial charge in [-0.15, -0.1) is 0 Å². The molecule has 0 unspecified atom stereocenters. The molecule has 0 bridgehead atoms. The quantitative estimate of drug-likeness (QED) is 0.197. The van der Waals surface area contributed by atoms with Crippen LogP contribution in [0.3, 0.4) is 0 Å². The lowest BCUT2D eigenvalue weighted by Crippen LogP contribution is -2.25. The molecule has 7 heteroatoms. The largest absolute Gasteiger partial charge is 0.491 e. The normalized spacial score (nSPS) is 13.3. The maximum absolute atomic E-state index is 13.5.